The fraction of sp³-hybridized carbons (Fsp3) is 0. The van der Waals surface area contributed by atoms with Crippen molar-refractivity contribution in [2.75, 3.05) is 0 Å². The highest BCUT2D eigenvalue weighted by Crippen LogP contribution is 2.22. The lowest BCUT2D eigenvalue weighted by Gasteiger charge is -1.92. The minimum absolute atomic E-state index is 0.964. The van der Waals surface area contributed by atoms with E-state index in [1.807, 2.05) is 42.9 Å². The van der Waals surface area contributed by atoms with Crippen LogP contribution in [0.4, 0.5) is 0 Å². The van der Waals surface area contributed by atoms with Gasteiger partial charge in [0, 0.05) is 29.4 Å². The van der Waals surface area contributed by atoms with Crippen LogP contribution in [-0.2, 0) is 0 Å². The average molecular weight is 219 g/mol. The molecule has 4 rings (SSSR count). The number of aromatic nitrogens is 3. The smallest absolute Gasteiger partial charge is 0.137 e. The summed E-state index contributed by atoms with van der Waals surface area (Å²) in [6, 6.07) is 12.3. The van der Waals surface area contributed by atoms with Crippen molar-refractivity contribution in [3.05, 3.63) is 55.0 Å². The second kappa shape index (κ2) is 3.04. The Hall–Kier alpha value is -2.42. The van der Waals surface area contributed by atoms with E-state index in [0.717, 1.165) is 27.5 Å². The van der Waals surface area contributed by atoms with Crippen LogP contribution in [0.2, 0.25) is 0 Å². The van der Waals surface area contributed by atoms with Gasteiger partial charge in [-0.25, -0.2) is 4.98 Å². The van der Waals surface area contributed by atoms with Gasteiger partial charge >= 0.3 is 0 Å². The molecule has 0 N–H and O–H groups in total. The molecule has 0 bridgehead atoms. The molecular formula is C14H9N3. The highest BCUT2D eigenvalue weighted by atomic mass is 15.0. The number of imidazole rings is 1. The van der Waals surface area contributed by atoms with Crippen molar-refractivity contribution < 1.29 is 0 Å². The van der Waals surface area contributed by atoms with Crippen LogP contribution in [0.1, 0.15) is 0 Å². The van der Waals surface area contributed by atoms with E-state index in [-0.39, 0.29) is 0 Å². The lowest BCUT2D eigenvalue weighted by atomic mass is 10.2. The van der Waals surface area contributed by atoms with Gasteiger partial charge in [-0.1, -0.05) is 12.1 Å². The molecule has 0 spiro atoms. The van der Waals surface area contributed by atoms with E-state index >= 15 is 0 Å². The van der Waals surface area contributed by atoms with Crippen molar-refractivity contribution in [3.8, 4) is 0 Å². The maximum absolute atomic E-state index is 4.62. The van der Waals surface area contributed by atoms with Gasteiger partial charge in [0.25, 0.3) is 0 Å². The van der Waals surface area contributed by atoms with Crippen LogP contribution in [0.25, 0.3) is 27.5 Å². The summed E-state index contributed by atoms with van der Waals surface area (Å²) in [5.41, 5.74) is 3.10. The van der Waals surface area contributed by atoms with Crippen molar-refractivity contribution in [1.82, 2.24) is 14.4 Å². The molecule has 0 unspecified atom stereocenters. The van der Waals surface area contributed by atoms with Crippen molar-refractivity contribution in [2.45, 2.75) is 0 Å². The summed E-state index contributed by atoms with van der Waals surface area (Å²) in [6.07, 6.45) is 5.79. The molecule has 17 heavy (non-hydrogen) atoms. The third-order valence-electron chi connectivity index (χ3n) is 3.05. The van der Waals surface area contributed by atoms with Crippen molar-refractivity contribution >= 4 is 27.5 Å². The predicted octanol–water partition coefficient (Wildman–Crippen LogP) is 3.04. The molecule has 80 valence electrons. The lowest BCUT2D eigenvalue weighted by Crippen LogP contribution is -1.77. The minimum Gasteiger partial charge on any atom is -0.300 e. The van der Waals surface area contributed by atoms with Crippen LogP contribution in [0.3, 0.4) is 0 Å². The number of hydrogen-bond acceptors (Lipinski definition) is 2. The van der Waals surface area contributed by atoms with Gasteiger partial charge in [-0.2, -0.15) is 0 Å². The van der Waals surface area contributed by atoms with Crippen LogP contribution >= 0.6 is 0 Å². The summed E-state index contributed by atoms with van der Waals surface area (Å²) in [4.78, 5) is 8.78. The first-order chi connectivity index (χ1) is 8.42. The molecule has 3 aromatic heterocycles. The van der Waals surface area contributed by atoms with Crippen LogP contribution in [-0.4, -0.2) is 14.4 Å². The van der Waals surface area contributed by atoms with Crippen LogP contribution < -0.4 is 0 Å². The second-order valence-electron chi connectivity index (χ2n) is 4.11. The van der Waals surface area contributed by atoms with Crippen LogP contribution in [0, 0.1) is 0 Å². The molecule has 0 saturated heterocycles. The molecule has 0 aliphatic rings. The van der Waals surface area contributed by atoms with Crippen molar-refractivity contribution in [1.29, 1.82) is 0 Å². The molecule has 3 heterocycles. The van der Waals surface area contributed by atoms with E-state index in [4.69, 9.17) is 0 Å². The van der Waals surface area contributed by atoms with E-state index in [9.17, 15) is 0 Å². The van der Waals surface area contributed by atoms with E-state index in [0.29, 0.717) is 0 Å². The third-order valence-corrected chi connectivity index (χ3v) is 3.05. The monoisotopic (exact) mass is 219 g/mol. The molecule has 0 fully saturated rings. The average Bonchev–Trinajstić information content (AvgIpc) is 2.84. The molecule has 1 aromatic carbocycles. The Morgan fingerprint density at radius 3 is 2.76 bits per heavy atom. The highest BCUT2D eigenvalue weighted by Gasteiger charge is 2.05. The van der Waals surface area contributed by atoms with Crippen molar-refractivity contribution in [2.24, 2.45) is 0 Å². The van der Waals surface area contributed by atoms with Crippen molar-refractivity contribution in [3.63, 3.8) is 0 Å². The zero-order chi connectivity index (χ0) is 11.2. The first kappa shape index (κ1) is 8.70. The number of benzene rings is 1. The Bertz CT molecular complexity index is 846. The van der Waals surface area contributed by atoms with Gasteiger partial charge in [-0.15, -0.1) is 0 Å². The van der Waals surface area contributed by atoms with E-state index < -0.39 is 0 Å². The number of nitrogens with zero attached hydrogens (tertiary/aromatic N) is 3. The zero-order valence-corrected chi connectivity index (χ0v) is 9.04. The van der Waals surface area contributed by atoms with Gasteiger partial charge in [0.1, 0.15) is 5.65 Å². The third kappa shape index (κ3) is 1.16. The molecule has 0 aliphatic heterocycles. The summed E-state index contributed by atoms with van der Waals surface area (Å²) in [5.74, 6) is 0. The van der Waals surface area contributed by atoms with Gasteiger partial charge < -0.3 is 0 Å². The molecule has 4 aromatic rings. The fourth-order valence-corrected chi connectivity index (χ4v) is 2.23. The maximum atomic E-state index is 4.62. The molecule has 0 atom stereocenters. The van der Waals surface area contributed by atoms with Gasteiger partial charge in [-0.05, 0) is 24.3 Å². The summed E-state index contributed by atoms with van der Waals surface area (Å²) < 4.78 is 2.10. The summed E-state index contributed by atoms with van der Waals surface area (Å²) in [5, 5.41) is 2.30. The highest BCUT2D eigenvalue weighted by molar-refractivity contribution is 5.96. The Morgan fingerprint density at radius 1 is 0.941 bits per heavy atom. The molecular weight excluding hydrogens is 210 g/mol. The Labute approximate surface area is 97.4 Å². The van der Waals surface area contributed by atoms with Gasteiger partial charge in [0.2, 0.25) is 0 Å². The van der Waals surface area contributed by atoms with Crippen LogP contribution in [0.5, 0.6) is 0 Å². The molecule has 3 heteroatoms. The van der Waals surface area contributed by atoms with Gasteiger partial charge in [0.05, 0.1) is 11.0 Å². The summed E-state index contributed by atoms with van der Waals surface area (Å²) in [7, 11) is 0. The summed E-state index contributed by atoms with van der Waals surface area (Å²) >= 11 is 0. The van der Waals surface area contributed by atoms with Gasteiger partial charge in [-0.3, -0.25) is 9.38 Å². The quantitative estimate of drug-likeness (QED) is 0.455. The normalized spacial score (nSPS) is 11.5. The molecule has 0 saturated carbocycles. The SMILES string of the molecule is c1ccc2nc3cc4cncc4cc3n2cc1. The second-order valence-corrected chi connectivity index (χ2v) is 4.11. The Balaban J connectivity index is 2.30. The van der Waals surface area contributed by atoms with Crippen LogP contribution in [0.15, 0.2) is 55.0 Å². The molecule has 3 nitrogen and oxygen atoms in total. The first-order valence-electron chi connectivity index (χ1n) is 5.52. The number of fused-ring (bicyclic) bond motifs is 4. The lowest BCUT2D eigenvalue weighted by molar-refractivity contribution is 1.25. The topological polar surface area (TPSA) is 30.2 Å². The number of rotatable bonds is 0. The fourth-order valence-electron chi connectivity index (χ4n) is 2.23. The minimum atomic E-state index is 0.964. The van der Waals surface area contributed by atoms with E-state index in [1.54, 1.807) is 0 Å². The summed E-state index contributed by atoms with van der Waals surface area (Å²) in [6.45, 7) is 0. The van der Waals surface area contributed by atoms with E-state index in [1.165, 1.54) is 0 Å². The first-order valence-corrected chi connectivity index (χ1v) is 5.52. The molecule has 0 aliphatic carbocycles. The largest absolute Gasteiger partial charge is 0.300 e. The zero-order valence-electron chi connectivity index (χ0n) is 9.04. The maximum Gasteiger partial charge on any atom is 0.137 e. The Morgan fingerprint density at radius 2 is 1.82 bits per heavy atom. The standard InChI is InChI=1S/C14H9N3/c1-2-4-14-16-12-6-10-8-15-9-11(10)7-13(12)17(14)5-3-1/h1-9H. The van der Waals surface area contributed by atoms with E-state index in [2.05, 4.69) is 26.5 Å². The molecule has 0 amide bonds. The van der Waals surface area contributed by atoms with Gasteiger partial charge in [0.15, 0.2) is 0 Å². The molecule has 0 radical (unpaired) electrons. The number of hydrogen-bond donors (Lipinski definition) is 0. The Kier molecular flexibility index (Phi) is 1.56. The predicted molar refractivity (Wildman–Crippen MR) is 68.0 cm³/mol.